The predicted octanol–water partition coefficient (Wildman–Crippen LogP) is 4.76. The number of aryl methyl sites for hydroxylation is 1. The molecule has 2 aromatic carbocycles. The lowest BCUT2D eigenvalue weighted by molar-refractivity contribution is -0.120. The molecule has 1 heterocycles. The van der Waals surface area contributed by atoms with Crippen molar-refractivity contribution < 1.29 is 4.79 Å². The molecule has 3 rings (SSSR count). The molecule has 0 saturated heterocycles. The Morgan fingerprint density at radius 3 is 2.62 bits per heavy atom. The zero-order chi connectivity index (χ0) is 16.9. The normalized spacial score (nSPS) is 10.9. The first kappa shape index (κ1) is 16.7. The lowest BCUT2D eigenvalue weighted by Crippen LogP contribution is -2.24. The summed E-state index contributed by atoms with van der Waals surface area (Å²) in [7, 11) is 0. The molecule has 4 heteroatoms. The fraction of sp³-hybridized carbons (Fsp3) is 0.250. The molecule has 1 amide bonds. The zero-order valence-electron chi connectivity index (χ0n) is 14.1. The average molecular weight is 338 g/mol. The smallest absolute Gasteiger partial charge is 0.219 e. The van der Waals surface area contributed by atoms with Gasteiger partial charge in [-0.25, -0.2) is 0 Å². The van der Waals surface area contributed by atoms with Crippen molar-refractivity contribution in [2.24, 2.45) is 0 Å². The Balaban J connectivity index is 1.88. The molecule has 124 valence electrons. The number of fused-ring (bicyclic) bond motifs is 1. The molecule has 1 aromatic heterocycles. The summed E-state index contributed by atoms with van der Waals surface area (Å²) >= 11 is 1.79. The number of para-hydroxylation sites is 1. The third-order valence-corrected chi connectivity index (χ3v) is 5.11. The highest BCUT2D eigenvalue weighted by atomic mass is 32.2. The Kier molecular flexibility index (Phi) is 5.26. The van der Waals surface area contributed by atoms with Gasteiger partial charge in [-0.15, -0.1) is 11.8 Å². The number of H-pyrrole nitrogens is 1. The molecule has 0 saturated carbocycles. The SMILES string of the molecule is CCC(=O)NCCSc1c(-c2ccc(C)cc2)[nH]c2ccccc12. The Hall–Kier alpha value is -2.20. The Bertz CT molecular complexity index is 836. The van der Waals surface area contributed by atoms with Gasteiger partial charge in [-0.3, -0.25) is 4.79 Å². The summed E-state index contributed by atoms with van der Waals surface area (Å²) in [4.78, 5) is 16.2. The van der Waals surface area contributed by atoms with Gasteiger partial charge in [-0.2, -0.15) is 0 Å². The number of aromatic nitrogens is 1. The third-order valence-electron chi connectivity index (χ3n) is 3.99. The molecule has 0 radical (unpaired) electrons. The largest absolute Gasteiger partial charge is 0.355 e. The van der Waals surface area contributed by atoms with Gasteiger partial charge in [0.15, 0.2) is 0 Å². The van der Waals surface area contributed by atoms with E-state index in [4.69, 9.17) is 0 Å². The van der Waals surface area contributed by atoms with Crippen LogP contribution in [0.4, 0.5) is 0 Å². The number of carbonyl (C=O) groups excluding carboxylic acids is 1. The van der Waals surface area contributed by atoms with Crippen LogP contribution in [0.3, 0.4) is 0 Å². The van der Waals surface area contributed by atoms with E-state index in [9.17, 15) is 4.79 Å². The lowest BCUT2D eigenvalue weighted by atomic mass is 10.1. The van der Waals surface area contributed by atoms with Gasteiger partial charge in [-0.05, 0) is 18.6 Å². The number of hydrogen-bond donors (Lipinski definition) is 2. The number of thioether (sulfide) groups is 1. The molecule has 0 atom stereocenters. The number of benzene rings is 2. The summed E-state index contributed by atoms with van der Waals surface area (Å²) in [5, 5.41) is 4.18. The van der Waals surface area contributed by atoms with Gasteiger partial charge in [0.1, 0.15) is 0 Å². The van der Waals surface area contributed by atoms with E-state index in [-0.39, 0.29) is 5.91 Å². The van der Waals surface area contributed by atoms with Crippen LogP contribution in [-0.4, -0.2) is 23.2 Å². The number of nitrogens with one attached hydrogen (secondary N) is 2. The Labute approximate surface area is 146 Å². The molecule has 0 aliphatic rings. The van der Waals surface area contributed by atoms with Crippen molar-refractivity contribution in [3.05, 3.63) is 54.1 Å². The van der Waals surface area contributed by atoms with Gasteiger partial charge in [0.05, 0.1) is 5.69 Å². The van der Waals surface area contributed by atoms with Crippen LogP contribution in [0.25, 0.3) is 22.2 Å². The first-order chi connectivity index (χ1) is 11.7. The number of amides is 1. The van der Waals surface area contributed by atoms with Crippen LogP contribution >= 0.6 is 11.8 Å². The molecule has 3 aromatic rings. The number of hydrogen-bond acceptors (Lipinski definition) is 2. The van der Waals surface area contributed by atoms with Crippen LogP contribution in [0.5, 0.6) is 0 Å². The van der Waals surface area contributed by atoms with Crippen molar-refractivity contribution in [1.82, 2.24) is 10.3 Å². The van der Waals surface area contributed by atoms with Crippen LogP contribution in [0.15, 0.2) is 53.4 Å². The van der Waals surface area contributed by atoms with Gasteiger partial charge >= 0.3 is 0 Å². The molecule has 0 aliphatic heterocycles. The van der Waals surface area contributed by atoms with E-state index in [0.717, 1.165) is 17.0 Å². The molecule has 0 bridgehead atoms. The predicted molar refractivity (Wildman–Crippen MR) is 102 cm³/mol. The second kappa shape index (κ2) is 7.58. The first-order valence-corrected chi connectivity index (χ1v) is 9.25. The van der Waals surface area contributed by atoms with Crippen molar-refractivity contribution >= 4 is 28.6 Å². The van der Waals surface area contributed by atoms with E-state index >= 15 is 0 Å². The highest BCUT2D eigenvalue weighted by Crippen LogP contribution is 2.37. The Morgan fingerprint density at radius 2 is 1.88 bits per heavy atom. The van der Waals surface area contributed by atoms with Crippen LogP contribution in [-0.2, 0) is 4.79 Å². The highest BCUT2D eigenvalue weighted by molar-refractivity contribution is 7.99. The molecule has 0 aliphatic carbocycles. The van der Waals surface area contributed by atoms with E-state index in [1.165, 1.54) is 21.4 Å². The Morgan fingerprint density at radius 1 is 1.12 bits per heavy atom. The summed E-state index contributed by atoms with van der Waals surface area (Å²) in [5.74, 6) is 0.959. The topological polar surface area (TPSA) is 44.9 Å². The van der Waals surface area contributed by atoms with Crippen molar-refractivity contribution in [3.8, 4) is 11.3 Å². The van der Waals surface area contributed by atoms with E-state index < -0.39 is 0 Å². The van der Waals surface area contributed by atoms with Gasteiger partial charge in [0, 0.05) is 34.5 Å². The first-order valence-electron chi connectivity index (χ1n) is 8.26. The van der Waals surface area contributed by atoms with Gasteiger partial charge in [0.2, 0.25) is 5.91 Å². The maximum atomic E-state index is 11.4. The zero-order valence-corrected chi connectivity index (χ0v) is 14.9. The molecule has 0 spiro atoms. The molecular weight excluding hydrogens is 316 g/mol. The number of carbonyl (C=O) groups is 1. The average Bonchev–Trinajstić information content (AvgIpc) is 2.98. The minimum Gasteiger partial charge on any atom is -0.355 e. The van der Waals surface area contributed by atoms with Gasteiger partial charge in [-0.1, -0.05) is 55.0 Å². The van der Waals surface area contributed by atoms with E-state index in [1.54, 1.807) is 11.8 Å². The molecule has 24 heavy (non-hydrogen) atoms. The molecule has 0 fully saturated rings. The summed E-state index contributed by atoms with van der Waals surface area (Å²) in [6.45, 7) is 4.66. The fourth-order valence-electron chi connectivity index (χ4n) is 2.66. The maximum Gasteiger partial charge on any atom is 0.219 e. The minimum atomic E-state index is 0.105. The van der Waals surface area contributed by atoms with Gasteiger partial charge in [0.25, 0.3) is 0 Å². The third kappa shape index (κ3) is 3.65. The molecule has 0 unspecified atom stereocenters. The van der Waals surface area contributed by atoms with Gasteiger partial charge < -0.3 is 10.3 Å². The summed E-state index contributed by atoms with van der Waals surface area (Å²) in [6.07, 6.45) is 0.534. The molecular formula is C20H22N2OS. The van der Waals surface area contributed by atoms with E-state index in [0.29, 0.717) is 13.0 Å². The standard InChI is InChI=1S/C20H22N2OS/c1-3-18(23)21-12-13-24-20-16-6-4-5-7-17(16)22-19(20)15-10-8-14(2)9-11-15/h4-11,22H,3,12-13H2,1-2H3,(H,21,23). The minimum absolute atomic E-state index is 0.105. The van der Waals surface area contributed by atoms with Crippen molar-refractivity contribution in [3.63, 3.8) is 0 Å². The van der Waals surface area contributed by atoms with Crippen molar-refractivity contribution in [2.45, 2.75) is 25.2 Å². The second-order valence-electron chi connectivity index (χ2n) is 5.79. The van der Waals surface area contributed by atoms with Crippen LogP contribution < -0.4 is 5.32 Å². The quantitative estimate of drug-likeness (QED) is 0.503. The van der Waals surface area contributed by atoms with Crippen molar-refractivity contribution in [1.29, 1.82) is 0 Å². The molecule has 2 N–H and O–H groups in total. The summed E-state index contributed by atoms with van der Waals surface area (Å²) in [6, 6.07) is 17.0. The highest BCUT2D eigenvalue weighted by Gasteiger charge is 2.13. The summed E-state index contributed by atoms with van der Waals surface area (Å²) < 4.78 is 0. The number of rotatable bonds is 6. The summed E-state index contributed by atoms with van der Waals surface area (Å²) in [5.41, 5.74) is 4.75. The van der Waals surface area contributed by atoms with Crippen LogP contribution in [0, 0.1) is 6.92 Å². The molecule has 3 nitrogen and oxygen atoms in total. The van der Waals surface area contributed by atoms with Crippen LogP contribution in [0.2, 0.25) is 0 Å². The fourth-order valence-corrected chi connectivity index (χ4v) is 3.71. The second-order valence-corrected chi connectivity index (χ2v) is 6.90. The maximum absolute atomic E-state index is 11.4. The van der Waals surface area contributed by atoms with Crippen LogP contribution in [0.1, 0.15) is 18.9 Å². The monoisotopic (exact) mass is 338 g/mol. The van der Waals surface area contributed by atoms with Crippen molar-refractivity contribution in [2.75, 3.05) is 12.3 Å². The van der Waals surface area contributed by atoms with E-state index in [2.05, 4.69) is 59.7 Å². The lowest BCUT2D eigenvalue weighted by Gasteiger charge is -2.07. The number of aromatic amines is 1. The van der Waals surface area contributed by atoms with E-state index in [1.807, 2.05) is 13.0 Å².